The van der Waals surface area contributed by atoms with Gasteiger partial charge in [0.15, 0.2) is 0 Å². The number of ether oxygens (including phenoxy) is 1. The summed E-state index contributed by atoms with van der Waals surface area (Å²) in [4.78, 5) is 22.7. The number of halogens is 1. The van der Waals surface area contributed by atoms with Gasteiger partial charge in [-0.15, -0.1) is 0 Å². The normalized spacial score (nSPS) is 10.2. The molecule has 0 bridgehead atoms. The van der Waals surface area contributed by atoms with Gasteiger partial charge in [-0.05, 0) is 42.3 Å². The average molecular weight is 288 g/mol. The molecule has 0 aromatic heterocycles. The monoisotopic (exact) mass is 288 g/mol. The molecule has 0 saturated carbocycles. The molecule has 0 heterocycles. The van der Waals surface area contributed by atoms with E-state index in [1.54, 1.807) is 13.0 Å². The molecule has 2 rings (SSSR count). The molecule has 0 aliphatic heterocycles. The molecule has 0 amide bonds. The fraction of sp³-hybridized carbons (Fsp3) is 0.125. The van der Waals surface area contributed by atoms with Crippen LogP contribution < -0.4 is 0 Å². The van der Waals surface area contributed by atoms with Crippen molar-refractivity contribution in [3.63, 3.8) is 0 Å². The number of carboxylic acids is 1. The Hall–Kier alpha value is -2.69. The third kappa shape index (κ3) is 2.76. The maximum absolute atomic E-state index is 14.0. The van der Waals surface area contributed by atoms with Crippen LogP contribution in [-0.4, -0.2) is 24.2 Å². The number of esters is 1. The van der Waals surface area contributed by atoms with E-state index in [1.807, 2.05) is 0 Å². The maximum atomic E-state index is 14.0. The largest absolute Gasteiger partial charge is 0.478 e. The van der Waals surface area contributed by atoms with Crippen LogP contribution in [0.1, 0.15) is 26.3 Å². The van der Waals surface area contributed by atoms with Crippen molar-refractivity contribution in [3.05, 3.63) is 58.9 Å². The minimum absolute atomic E-state index is 0.0929. The molecule has 0 radical (unpaired) electrons. The molecule has 1 N–H and O–H groups in total. The minimum atomic E-state index is -1.08. The summed E-state index contributed by atoms with van der Waals surface area (Å²) in [5.41, 5.74) is 1.33. The van der Waals surface area contributed by atoms with Crippen LogP contribution in [-0.2, 0) is 4.74 Å². The van der Waals surface area contributed by atoms with Gasteiger partial charge in [0.2, 0.25) is 0 Å². The summed E-state index contributed by atoms with van der Waals surface area (Å²) >= 11 is 0. The molecule has 0 fully saturated rings. The summed E-state index contributed by atoms with van der Waals surface area (Å²) in [7, 11) is 1.24. The van der Waals surface area contributed by atoms with Crippen LogP contribution in [0.3, 0.4) is 0 Å². The topological polar surface area (TPSA) is 63.6 Å². The van der Waals surface area contributed by atoms with Crippen molar-refractivity contribution in [2.24, 2.45) is 0 Å². The van der Waals surface area contributed by atoms with Crippen molar-refractivity contribution in [1.82, 2.24) is 0 Å². The van der Waals surface area contributed by atoms with Crippen molar-refractivity contribution < 1.29 is 23.8 Å². The molecule has 21 heavy (non-hydrogen) atoms. The second-order valence-electron chi connectivity index (χ2n) is 4.47. The number of hydrogen-bond acceptors (Lipinski definition) is 3. The third-order valence-corrected chi connectivity index (χ3v) is 3.24. The molecule has 2 aromatic rings. The van der Waals surface area contributed by atoms with Gasteiger partial charge in [-0.25, -0.2) is 14.0 Å². The van der Waals surface area contributed by atoms with Gasteiger partial charge in [0.25, 0.3) is 0 Å². The van der Waals surface area contributed by atoms with Crippen LogP contribution in [0.4, 0.5) is 4.39 Å². The average Bonchev–Trinajstić information content (AvgIpc) is 2.47. The van der Waals surface area contributed by atoms with Gasteiger partial charge >= 0.3 is 11.9 Å². The van der Waals surface area contributed by atoms with Gasteiger partial charge in [-0.2, -0.15) is 0 Å². The van der Waals surface area contributed by atoms with Crippen LogP contribution in [0.5, 0.6) is 0 Å². The Balaban J connectivity index is 2.64. The molecule has 0 spiro atoms. The SMILES string of the molecule is COC(=O)c1ccc(F)c(-c2cccc(C(=O)O)c2C)c1. The Morgan fingerprint density at radius 2 is 1.86 bits per heavy atom. The first kappa shape index (κ1) is 14.7. The van der Waals surface area contributed by atoms with E-state index in [4.69, 9.17) is 5.11 Å². The molecule has 5 heteroatoms. The zero-order chi connectivity index (χ0) is 15.6. The second-order valence-corrected chi connectivity index (χ2v) is 4.47. The van der Waals surface area contributed by atoms with Crippen molar-refractivity contribution in [2.45, 2.75) is 6.92 Å². The molecular weight excluding hydrogens is 275 g/mol. The number of rotatable bonds is 3. The number of benzene rings is 2. The lowest BCUT2D eigenvalue weighted by Crippen LogP contribution is -2.04. The van der Waals surface area contributed by atoms with E-state index in [0.29, 0.717) is 11.1 Å². The first-order chi connectivity index (χ1) is 9.95. The van der Waals surface area contributed by atoms with Crippen molar-refractivity contribution in [3.8, 4) is 11.1 Å². The molecule has 0 aliphatic rings. The van der Waals surface area contributed by atoms with E-state index in [0.717, 1.165) is 6.07 Å². The van der Waals surface area contributed by atoms with E-state index in [2.05, 4.69) is 4.74 Å². The summed E-state index contributed by atoms with van der Waals surface area (Å²) in [6.07, 6.45) is 0. The number of methoxy groups -OCH3 is 1. The standard InChI is InChI=1S/C16H13FO4/c1-9-11(4-3-5-12(9)15(18)19)13-8-10(16(20)21-2)6-7-14(13)17/h3-8H,1-2H3,(H,18,19). The Labute approximate surface area is 120 Å². The Morgan fingerprint density at radius 1 is 1.14 bits per heavy atom. The first-order valence-electron chi connectivity index (χ1n) is 6.17. The zero-order valence-electron chi connectivity index (χ0n) is 11.5. The summed E-state index contributed by atoms with van der Waals surface area (Å²) in [6, 6.07) is 8.44. The van der Waals surface area contributed by atoms with E-state index in [1.165, 1.54) is 31.4 Å². The van der Waals surface area contributed by atoms with Crippen LogP contribution in [0.2, 0.25) is 0 Å². The highest BCUT2D eigenvalue weighted by molar-refractivity contribution is 5.94. The van der Waals surface area contributed by atoms with Crippen molar-refractivity contribution in [1.29, 1.82) is 0 Å². The maximum Gasteiger partial charge on any atom is 0.337 e. The highest BCUT2D eigenvalue weighted by Crippen LogP contribution is 2.29. The lowest BCUT2D eigenvalue weighted by Gasteiger charge is -2.11. The Morgan fingerprint density at radius 3 is 2.48 bits per heavy atom. The molecular formula is C16H13FO4. The molecule has 0 aliphatic carbocycles. The predicted octanol–water partition coefficient (Wildman–Crippen LogP) is 3.29. The van der Waals surface area contributed by atoms with Gasteiger partial charge in [-0.3, -0.25) is 0 Å². The third-order valence-electron chi connectivity index (χ3n) is 3.24. The number of carbonyl (C=O) groups is 2. The van der Waals surface area contributed by atoms with E-state index in [9.17, 15) is 14.0 Å². The van der Waals surface area contributed by atoms with Gasteiger partial charge in [0, 0.05) is 5.56 Å². The lowest BCUT2D eigenvalue weighted by molar-refractivity contribution is 0.0599. The highest BCUT2D eigenvalue weighted by atomic mass is 19.1. The molecule has 0 atom stereocenters. The predicted molar refractivity (Wildman–Crippen MR) is 74.9 cm³/mol. The quantitative estimate of drug-likeness (QED) is 0.880. The number of hydrogen-bond donors (Lipinski definition) is 1. The first-order valence-corrected chi connectivity index (χ1v) is 6.17. The lowest BCUT2D eigenvalue weighted by atomic mass is 9.95. The fourth-order valence-electron chi connectivity index (χ4n) is 2.14. The highest BCUT2D eigenvalue weighted by Gasteiger charge is 2.16. The summed E-state index contributed by atoms with van der Waals surface area (Å²) in [6.45, 7) is 1.60. The Kier molecular flexibility index (Phi) is 4.03. The smallest absolute Gasteiger partial charge is 0.337 e. The molecule has 0 saturated heterocycles. The minimum Gasteiger partial charge on any atom is -0.478 e. The van der Waals surface area contributed by atoms with Crippen molar-refractivity contribution in [2.75, 3.05) is 7.11 Å². The van der Waals surface area contributed by atoms with Crippen molar-refractivity contribution >= 4 is 11.9 Å². The van der Waals surface area contributed by atoms with Gasteiger partial charge in [-0.1, -0.05) is 12.1 Å². The van der Waals surface area contributed by atoms with Crippen LogP contribution in [0, 0.1) is 12.7 Å². The zero-order valence-corrected chi connectivity index (χ0v) is 11.5. The van der Waals surface area contributed by atoms with E-state index >= 15 is 0 Å². The molecule has 2 aromatic carbocycles. The molecule has 108 valence electrons. The number of aromatic carboxylic acids is 1. The fourth-order valence-corrected chi connectivity index (χ4v) is 2.14. The van der Waals surface area contributed by atoms with Crippen LogP contribution in [0.15, 0.2) is 36.4 Å². The summed E-state index contributed by atoms with van der Waals surface area (Å²) in [5, 5.41) is 9.12. The number of carbonyl (C=O) groups excluding carboxylic acids is 1. The Bertz CT molecular complexity index is 722. The van der Waals surface area contributed by atoms with E-state index < -0.39 is 17.8 Å². The second kappa shape index (κ2) is 5.75. The van der Waals surface area contributed by atoms with E-state index in [-0.39, 0.29) is 16.7 Å². The van der Waals surface area contributed by atoms with Gasteiger partial charge in [0.05, 0.1) is 18.2 Å². The molecule has 4 nitrogen and oxygen atoms in total. The summed E-state index contributed by atoms with van der Waals surface area (Å²) < 4.78 is 18.6. The summed E-state index contributed by atoms with van der Waals surface area (Å²) in [5.74, 6) is -2.20. The van der Waals surface area contributed by atoms with Gasteiger partial charge < -0.3 is 9.84 Å². The number of carboxylic acid groups (broad SMARTS) is 1. The van der Waals surface area contributed by atoms with Gasteiger partial charge in [0.1, 0.15) is 5.82 Å². The van der Waals surface area contributed by atoms with Crippen LogP contribution >= 0.6 is 0 Å². The van der Waals surface area contributed by atoms with Crippen LogP contribution in [0.25, 0.3) is 11.1 Å². The molecule has 0 unspecified atom stereocenters.